The van der Waals surface area contributed by atoms with Gasteiger partial charge in [0.25, 0.3) is 0 Å². The van der Waals surface area contributed by atoms with Gasteiger partial charge in [-0.25, -0.2) is 13.5 Å². The zero-order chi connectivity index (χ0) is 13.9. The maximum absolute atomic E-state index is 12.5. The van der Waals surface area contributed by atoms with Crippen molar-refractivity contribution < 1.29 is 16.2 Å². The smallest absolute Gasteiger partial charge is 0.341 e. The van der Waals surface area contributed by atoms with Gasteiger partial charge in [0.05, 0.1) is 0 Å². The van der Waals surface area contributed by atoms with Crippen molar-refractivity contribution in [3.05, 3.63) is 18.0 Å². The first kappa shape index (κ1) is 14.6. The number of anilines is 1. The van der Waals surface area contributed by atoms with E-state index in [0.29, 0.717) is 13.1 Å². The Labute approximate surface area is 118 Å². The molecule has 9 heteroatoms. The van der Waals surface area contributed by atoms with Crippen LogP contribution in [0.15, 0.2) is 12.3 Å². The molecule has 19 heavy (non-hydrogen) atoms. The van der Waals surface area contributed by atoms with Gasteiger partial charge in [-0.3, -0.25) is 3.07 Å². The highest BCUT2D eigenvalue weighted by atomic mass is 127. The van der Waals surface area contributed by atoms with Gasteiger partial charge in [0, 0.05) is 25.3 Å². The van der Waals surface area contributed by atoms with Crippen LogP contribution in [-0.4, -0.2) is 29.1 Å². The van der Waals surface area contributed by atoms with Crippen LogP contribution < -0.4 is 8.43 Å². The van der Waals surface area contributed by atoms with E-state index in [-0.39, 0.29) is 12.0 Å². The maximum Gasteiger partial charge on any atom is 0.433 e. The average Bonchev–Trinajstić information content (AvgIpc) is 2.39. The van der Waals surface area contributed by atoms with E-state index >= 15 is 0 Å². The molecule has 0 unspecified atom stereocenters. The van der Waals surface area contributed by atoms with Gasteiger partial charge in [-0.1, -0.05) is 0 Å². The molecular formula is C10H12F3IN4O. The molecule has 1 fully saturated rings. The minimum atomic E-state index is -4.45. The first-order valence-electron chi connectivity index (χ1n) is 5.67. The number of rotatable bonds is 3. The Kier molecular flexibility index (Phi) is 4.66. The molecule has 0 aromatic carbocycles. The fraction of sp³-hybridized carbons (Fsp3) is 0.600. The summed E-state index contributed by atoms with van der Waals surface area (Å²) in [4.78, 5) is 9.16. The van der Waals surface area contributed by atoms with E-state index in [4.69, 9.17) is 0 Å². The molecule has 1 aromatic rings. The first-order valence-corrected chi connectivity index (χ1v) is 7.63. The lowest BCUT2D eigenvalue weighted by atomic mass is 10.1. The molecule has 1 saturated heterocycles. The largest absolute Gasteiger partial charge is 0.433 e. The topological polar surface area (TPSA) is 58.1 Å². The van der Waals surface area contributed by atoms with Crippen LogP contribution in [-0.2, 0) is 9.25 Å². The molecule has 1 aromatic heterocycles. The predicted octanol–water partition coefficient (Wildman–Crippen LogP) is 2.29. The molecular weight excluding hydrogens is 376 g/mol. The van der Waals surface area contributed by atoms with Crippen LogP contribution >= 0.6 is 21.5 Å². The molecule has 2 rings (SSSR count). The fourth-order valence-corrected chi connectivity index (χ4v) is 2.89. The van der Waals surface area contributed by atoms with Gasteiger partial charge in [-0.05, 0) is 18.9 Å². The third kappa shape index (κ3) is 3.81. The van der Waals surface area contributed by atoms with Gasteiger partial charge >= 0.3 is 6.18 Å². The average molecular weight is 388 g/mol. The summed E-state index contributed by atoms with van der Waals surface area (Å²) in [5.74, 6) is 0.102. The Morgan fingerprint density at radius 2 is 2.05 bits per heavy atom. The standard InChI is InChI=1S/C10H12F3IN4O/c11-10(12,13)8-1-4-15-9(16-8)18-5-2-7(3-6-18)17-14-19/h1,4,7H,2-3,5-6H2,(H,17,19). The molecule has 1 aliphatic rings. The summed E-state index contributed by atoms with van der Waals surface area (Å²) in [6, 6.07) is 1.03. The Balaban J connectivity index is 2.05. The molecule has 1 aliphatic heterocycles. The van der Waals surface area contributed by atoms with Gasteiger partial charge in [0.1, 0.15) is 5.69 Å². The summed E-state index contributed by atoms with van der Waals surface area (Å²) >= 11 is -1.21. The van der Waals surface area contributed by atoms with E-state index in [1.807, 2.05) is 0 Å². The lowest BCUT2D eigenvalue weighted by molar-refractivity contribution is -0.141. The van der Waals surface area contributed by atoms with E-state index in [9.17, 15) is 16.2 Å². The maximum atomic E-state index is 12.5. The third-order valence-corrected chi connectivity index (χ3v) is 4.05. The van der Waals surface area contributed by atoms with Crippen LogP contribution in [0.2, 0.25) is 0 Å². The number of hydrogen-bond acceptors (Lipinski definition) is 4. The molecule has 2 heterocycles. The fourth-order valence-electron chi connectivity index (χ4n) is 1.91. The van der Waals surface area contributed by atoms with Crippen molar-refractivity contribution in [3.8, 4) is 0 Å². The van der Waals surface area contributed by atoms with E-state index in [1.165, 1.54) is 0 Å². The monoisotopic (exact) mass is 388 g/mol. The summed E-state index contributed by atoms with van der Waals surface area (Å²) in [5, 5.41) is 0. The normalized spacial score (nSPS) is 17.7. The summed E-state index contributed by atoms with van der Waals surface area (Å²) < 4.78 is 51.1. The summed E-state index contributed by atoms with van der Waals surface area (Å²) in [7, 11) is 0. The van der Waals surface area contributed by atoms with E-state index in [2.05, 4.69) is 13.5 Å². The Bertz CT molecular complexity index is 449. The lowest BCUT2D eigenvalue weighted by Crippen LogP contribution is -2.40. The molecule has 5 nitrogen and oxygen atoms in total. The van der Waals surface area contributed by atoms with Crippen molar-refractivity contribution in [3.63, 3.8) is 0 Å². The van der Waals surface area contributed by atoms with E-state index in [1.54, 1.807) is 4.90 Å². The van der Waals surface area contributed by atoms with Crippen LogP contribution in [0.5, 0.6) is 0 Å². The number of halogens is 4. The highest BCUT2D eigenvalue weighted by molar-refractivity contribution is 14.1. The predicted molar refractivity (Wildman–Crippen MR) is 70.1 cm³/mol. The molecule has 0 radical (unpaired) electrons. The van der Waals surface area contributed by atoms with Gasteiger partial charge < -0.3 is 4.90 Å². The van der Waals surface area contributed by atoms with Crippen molar-refractivity contribution in [2.24, 2.45) is 0 Å². The van der Waals surface area contributed by atoms with E-state index in [0.717, 1.165) is 25.1 Å². The second-order valence-electron chi connectivity index (χ2n) is 4.19. The van der Waals surface area contributed by atoms with Gasteiger partial charge in [-0.15, -0.1) is 0 Å². The lowest BCUT2D eigenvalue weighted by Gasteiger charge is -2.31. The molecule has 0 bridgehead atoms. The van der Waals surface area contributed by atoms with Crippen molar-refractivity contribution in [2.75, 3.05) is 18.0 Å². The Morgan fingerprint density at radius 1 is 1.37 bits per heavy atom. The summed E-state index contributed by atoms with van der Waals surface area (Å²) in [5.41, 5.74) is -0.928. The van der Waals surface area contributed by atoms with Gasteiger partial charge in [0.15, 0.2) is 0 Å². The Hall–Kier alpha value is -0.840. The van der Waals surface area contributed by atoms with Crippen LogP contribution in [0.3, 0.4) is 0 Å². The van der Waals surface area contributed by atoms with Gasteiger partial charge in [-0.2, -0.15) is 13.2 Å². The second-order valence-corrected chi connectivity index (χ2v) is 5.25. The highest BCUT2D eigenvalue weighted by Gasteiger charge is 2.33. The number of alkyl halides is 3. The zero-order valence-corrected chi connectivity index (χ0v) is 12.0. The molecule has 0 saturated carbocycles. The molecule has 1 N–H and O–H groups in total. The van der Waals surface area contributed by atoms with Crippen LogP contribution in [0.1, 0.15) is 18.5 Å². The Morgan fingerprint density at radius 3 is 2.63 bits per heavy atom. The van der Waals surface area contributed by atoms with E-state index < -0.39 is 33.3 Å². The first-order chi connectivity index (χ1) is 9.00. The molecule has 106 valence electrons. The minimum Gasteiger partial charge on any atom is -0.341 e. The van der Waals surface area contributed by atoms with Crippen LogP contribution in [0, 0.1) is 0 Å². The summed E-state index contributed by atoms with van der Waals surface area (Å²) in [6.07, 6.45) is -1.88. The quantitative estimate of drug-likeness (QED) is 0.636. The number of nitrogens with zero attached hydrogens (tertiary/aromatic N) is 3. The number of nitrogens with one attached hydrogen (secondary N) is 1. The second kappa shape index (κ2) is 6.07. The van der Waals surface area contributed by atoms with Crippen molar-refractivity contribution >= 4 is 27.4 Å². The van der Waals surface area contributed by atoms with Crippen molar-refractivity contribution in [1.29, 1.82) is 0 Å². The van der Waals surface area contributed by atoms with Crippen LogP contribution in [0.4, 0.5) is 19.1 Å². The number of aromatic nitrogens is 2. The molecule has 0 atom stereocenters. The SMILES string of the molecule is O=INC1CCN(c2nccc(C(F)(F)F)n2)CC1. The highest BCUT2D eigenvalue weighted by Crippen LogP contribution is 2.28. The molecule has 0 spiro atoms. The van der Waals surface area contributed by atoms with Crippen LogP contribution in [0.25, 0.3) is 0 Å². The molecule has 0 aliphatic carbocycles. The van der Waals surface area contributed by atoms with Crippen molar-refractivity contribution in [1.82, 2.24) is 13.5 Å². The summed E-state index contributed by atoms with van der Waals surface area (Å²) in [6.45, 7) is 1.12. The molecule has 0 amide bonds. The number of hydrogen-bond donors (Lipinski definition) is 1. The third-order valence-electron chi connectivity index (χ3n) is 2.91. The minimum absolute atomic E-state index is 0.102. The van der Waals surface area contributed by atoms with Crippen molar-refractivity contribution in [2.45, 2.75) is 25.1 Å². The van der Waals surface area contributed by atoms with Gasteiger partial charge in [0.2, 0.25) is 27.4 Å². The zero-order valence-electron chi connectivity index (χ0n) is 9.82. The number of piperidine rings is 1.